The van der Waals surface area contributed by atoms with Crippen LogP contribution in [-0.4, -0.2) is 12.3 Å². The highest BCUT2D eigenvalue weighted by Gasteiger charge is 2.01. The molecule has 0 saturated heterocycles. The largest absolute Gasteiger partial charge is 0.330 e. The molecule has 0 amide bonds. The van der Waals surface area contributed by atoms with E-state index in [9.17, 15) is 4.79 Å². The van der Waals surface area contributed by atoms with Crippen molar-refractivity contribution in [3.8, 4) is 0 Å². The van der Waals surface area contributed by atoms with Crippen molar-refractivity contribution in [2.24, 2.45) is 5.73 Å². The first-order chi connectivity index (χ1) is 7.31. The van der Waals surface area contributed by atoms with Crippen LogP contribution in [-0.2, 0) is 4.79 Å². The predicted octanol–water partition coefficient (Wildman–Crippen LogP) is 3.44. The minimum Gasteiger partial charge on any atom is -0.330 e. The summed E-state index contributed by atoms with van der Waals surface area (Å²) in [5, 5.41) is 0. The Morgan fingerprint density at radius 1 is 0.867 bits per heavy atom. The minimum absolute atomic E-state index is 0.457. The van der Waals surface area contributed by atoms with E-state index in [0.29, 0.717) is 5.78 Å². The summed E-state index contributed by atoms with van der Waals surface area (Å²) in [5.41, 5.74) is 5.40. The molecule has 0 aromatic heterocycles. The number of hydrogen-bond donors (Lipinski definition) is 1. The molecular weight excluding hydrogens is 186 g/mol. The third kappa shape index (κ3) is 11.6. The highest BCUT2D eigenvalue weighted by molar-refractivity contribution is 5.78. The van der Waals surface area contributed by atoms with Gasteiger partial charge in [-0.2, -0.15) is 0 Å². The first kappa shape index (κ1) is 14.6. The Balaban J connectivity index is 3.11. The van der Waals surface area contributed by atoms with E-state index in [4.69, 9.17) is 5.73 Å². The first-order valence-corrected chi connectivity index (χ1v) is 6.53. The molecule has 0 heterocycles. The van der Waals surface area contributed by atoms with Gasteiger partial charge in [0.2, 0.25) is 0 Å². The molecule has 2 N–H and O–H groups in total. The molecule has 0 aromatic carbocycles. The number of Topliss-reactive ketones (excluding diaryl/α,β-unsaturated/α-hetero) is 1. The van der Waals surface area contributed by atoms with Gasteiger partial charge in [-0.1, -0.05) is 39.0 Å². The van der Waals surface area contributed by atoms with Gasteiger partial charge in [-0.15, -0.1) is 0 Å². The molecule has 2 nitrogen and oxygen atoms in total. The fourth-order valence-corrected chi connectivity index (χ4v) is 1.69. The van der Waals surface area contributed by atoms with Crippen LogP contribution in [0.15, 0.2) is 0 Å². The van der Waals surface area contributed by atoms with Crippen LogP contribution in [0.25, 0.3) is 0 Å². The molecule has 0 saturated carbocycles. The van der Waals surface area contributed by atoms with Crippen LogP contribution in [0.5, 0.6) is 0 Å². The summed E-state index contributed by atoms with van der Waals surface area (Å²) in [7, 11) is 0. The maximum absolute atomic E-state index is 11.4. The average molecular weight is 213 g/mol. The Bertz CT molecular complexity index is 145. The topological polar surface area (TPSA) is 43.1 Å². The molecule has 0 aliphatic rings. The lowest BCUT2D eigenvalue weighted by atomic mass is 10.0. The molecule has 0 atom stereocenters. The molecular formula is C13H27NO. The third-order valence-corrected chi connectivity index (χ3v) is 2.72. The van der Waals surface area contributed by atoms with Gasteiger partial charge in [0.05, 0.1) is 0 Å². The van der Waals surface area contributed by atoms with E-state index in [1.54, 1.807) is 0 Å². The second kappa shape index (κ2) is 11.7. The fraction of sp³-hybridized carbons (Fsp3) is 0.923. The number of carbonyl (C=O) groups is 1. The maximum Gasteiger partial charge on any atom is 0.132 e. The van der Waals surface area contributed by atoms with Crippen molar-refractivity contribution in [2.45, 2.75) is 71.1 Å². The molecule has 0 fully saturated rings. The molecule has 0 aliphatic carbocycles. The van der Waals surface area contributed by atoms with Crippen LogP contribution < -0.4 is 5.73 Å². The number of unbranched alkanes of at least 4 members (excludes halogenated alkanes) is 6. The van der Waals surface area contributed by atoms with Gasteiger partial charge in [0.15, 0.2) is 0 Å². The Labute approximate surface area is 94.6 Å². The predicted molar refractivity (Wildman–Crippen MR) is 65.9 cm³/mol. The highest BCUT2D eigenvalue weighted by Crippen LogP contribution is 2.08. The normalized spacial score (nSPS) is 10.5. The van der Waals surface area contributed by atoms with Crippen molar-refractivity contribution in [1.82, 2.24) is 0 Å². The molecule has 90 valence electrons. The van der Waals surface area contributed by atoms with Crippen molar-refractivity contribution in [3.63, 3.8) is 0 Å². The van der Waals surface area contributed by atoms with E-state index in [2.05, 4.69) is 6.92 Å². The summed E-state index contributed by atoms with van der Waals surface area (Å²) < 4.78 is 0. The van der Waals surface area contributed by atoms with Crippen LogP contribution in [0.2, 0.25) is 0 Å². The standard InChI is InChI=1S/C13H27NO/c1-2-3-4-7-10-13(15)11-8-5-6-9-12-14/h2-12,14H2,1H3. The average Bonchev–Trinajstić information content (AvgIpc) is 2.24. The Morgan fingerprint density at radius 2 is 1.40 bits per heavy atom. The van der Waals surface area contributed by atoms with Crippen LogP contribution >= 0.6 is 0 Å². The molecule has 0 bridgehead atoms. The van der Waals surface area contributed by atoms with Gasteiger partial charge in [-0.05, 0) is 25.8 Å². The fourth-order valence-electron chi connectivity index (χ4n) is 1.69. The summed E-state index contributed by atoms with van der Waals surface area (Å²) in [6.45, 7) is 2.98. The summed E-state index contributed by atoms with van der Waals surface area (Å²) in [5.74, 6) is 0.457. The van der Waals surface area contributed by atoms with Gasteiger partial charge < -0.3 is 5.73 Å². The van der Waals surface area contributed by atoms with Crippen molar-refractivity contribution >= 4 is 5.78 Å². The Hall–Kier alpha value is -0.370. The van der Waals surface area contributed by atoms with Crippen molar-refractivity contribution < 1.29 is 4.79 Å². The molecule has 2 heteroatoms. The Morgan fingerprint density at radius 3 is 1.93 bits per heavy atom. The van der Waals surface area contributed by atoms with Crippen molar-refractivity contribution in [1.29, 1.82) is 0 Å². The lowest BCUT2D eigenvalue weighted by Crippen LogP contribution is -1.99. The zero-order chi connectivity index (χ0) is 11.4. The van der Waals surface area contributed by atoms with E-state index in [1.807, 2.05) is 0 Å². The van der Waals surface area contributed by atoms with Crippen molar-refractivity contribution in [3.05, 3.63) is 0 Å². The molecule has 0 aliphatic heterocycles. The second-order valence-electron chi connectivity index (χ2n) is 4.30. The molecule has 0 radical (unpaired) electrons. The third-order valence-electron chi connectivity index (χ3n) is 2.72. The second-order valence-corrected chi connectivity index (χ2v) is 4.30. The summed E-state index contributed by atoms with van der Waals surface area (Å²) in [6, 6.07) is 0. The minimum atomic E-state index is 0.457. The summed E-state index contributed by atoms with van der Waals surface area (Å²) >= 11 is 0. The highest BCUT2D eigenvalue weighted by atomic mass is 16.1. The quantitative estimate of drug-likeness (QED) is 0.534. The molecule has 0 aromatic rings. The van der Waals surface area contributed by atoms with Gasteiger partial charge >= 0.3 is 0 Å². The van der Waals surface area contributed by atoms with Gasteiger partial charge in [-0.3, -0.25) is 4.79 Å². The lowest BCUT2D eigenvalue weighted by molar-refractivity contribution is -0.119. The SMILES string of the molecule is CCCCCCC(=O)CCCCCCN. The van der Waals surface area contributed by atoms with E-state index in [1.165, 1.54) is 25.7 Å². The molecule has 0 rings (SSSR count). The van der Waals surface area contributed by atoms with Gasteiger partial charge in [0, 0.05) is 12.8 Å². The number of hydrogen-bond acceptors (Lipinski definition) is 2. The van der Waals surface area contributed by atoms with Crippen molar-refractivity contribution in [2.75, 3.05) is 6.54 Å². The van der Waals surface area contributed by atoms with Crippen LogP contribution in [0.1, 0.15) is 71.1 Å². The van der Waals surface area contributed by atoms with E-state index < -0.39 is 0 Å². The molecule has 0 unspecified atom stereocenters. The summed E-state index contributed by atoms with van der Waals surface area (Å²) in [4.78, 5) is 11.4. The van der Waals surface area contributed by atoms with Crippen LogP contribution in [0, 0.1) is 0 Å². The van der Waals surface area contributed by atoms with E-state index in [-0.39, 0.29) is 0 Å². The van der Waals surface area contributed by atoms with Crippen LogP contribution in [0.4, 0.5) is 0 Å². The monoisotopic (exact) mass is 213 g/mol. The van der Waals surface area contributed by atoms with E-state index in [0.717, 1.165) is 45.1 Å². The van der Waals surface area contributed by atoms with Gasteiger partial charge in [0.1, 0.15) is 5.78 Å². The Kier molecular flexibility index (Phi) is 11.4. The summed E-state index contributed by atoms with van der Waals surface area (Å²) in [6.07, 6.45) is 10.9. The zero-order valence-electron chi connectivity index (χ0n) is 10.3. The van der Waals surface area contributed by atoms with Gasteiger partial charge in [-0.25, -0.2) is 0 Å². The number of ketones is 1. The zero-order valence-corrected chi connectivity index (χ0v) is 10.3. The smallest absolute Gasteiger partial charge is 0.132 e. The maximum atomic E-state index is 11.4. The molecule has 15 heavy (non-hydrogen) atoms. The first-order valence-electron chi connectivity index (χ1n) is 6.53. The lowest BCUT2D eigenvalue weighted by Gasteiger charge is -2.01. The molecule has 0 spiro atoms. The number of carbonyl (C=O) groups excluding carboxylic acids is 1. The van der Waals surface area contributed by atoms with Crippen LogP contribution in [0.3, 0.4) is 0 Å². The number of rotatable bonds is 11. The van der Waals surface area contributed by atoms with Gasteiger partial charge in [0.25, 0.3) is 0 Å². The van der Waals surface area contributed by atoms with E-state index >= 15 is 0 Å². The number of nitrogens with two attached hydrogens (primary N) is 1.